The molecule has 2 aliphatic rings. The Bertz CT molecular complexity index is 1380. The average molecular weight is 517 g/mol. The van der Waals surface area contributed by atoms with Gasteiger partial charge in [-0.3, -0.25) is 9.88 Å². The Morgan fingerprint density at radius 2 is 1.69 bits per heavy atom. The maximum atomic E-state index is 12.8. The molecule has 0 unspecified atom stereocenters. The summed E-state index contributed by atoms with van der Waals surface area (Å²) in [6.07, 6.45) is 4.57. The van der Waals surface area contributed by atoms with Crippen molar-refractivity contribution in [1.29, 1.82) is 0 Å². The van der Waals surface area contributed by atoms with Gasteiger partial charge in [-0.05, 0) is 76.6 Å². The molecule has 1 aliphatic heterocycles. The van der Waals surface area contributed by atoms with Crippen molar-refractivity contribution in [3.8, 4) is 11.5 Å². The summed E-state index contributed by atoms with van der Waals surface area (Å²) in [5.74, 6) is 0.381. The van der Waals surface area contributed by atoms with Crippen LogP contribution in [-0.4, -0.2) is 50.1 Å². The number of ether oxygens (including phenoxy) is 1. The lowest BCUT2D eigenvalue weighted by molar-refractivity contribution is -0.0500. The number of hydrogen-bond acceptors (Lipinski definition) is 6. The second-order valence-corrected chi connectivity index (χ2v) is 10.1. The van der Waals surface area contributed by atoms with Crippen molar-refractivity contribution in [2.45, 2.75) is 18.3 Å². The molecule has 10 heteroatoms. The molecule has 0 amide bonds. The van der Waals surface area contributed by atoms with E-state index >= 15 is 0 Å². The van der Waals surface area contributed by atoms with E-state index in [0.29, 0.717) is 25.0 Å². The molecule has 0 radical (unpaired) electrons. The first kappa shape index (κ1) is 24.3. The number of allylic oxidation sites excluding steroid dienone is 1. The Kier molecular flexibility index (Phi) is 6.48. The van der Waals surface area contributed by atoms with Crippen LogP contribution in [0.2, 0.25) is 0 Å². The maximum Gasteiger partial charge on any atom is 0.534 e. The van der Waals surface area contributed by atoms with E-state index in [0.717, 1.165) is 53.2 Å². The lowest BCUT2D eigenvalue weighted by atomic mass is 9.80. The molecule has 2 heterocycles. The van der Waals surface area contributed by atoms with E-state index in [1.165, 1.54) is 12.1 Å². The van der Waals surface area contributed by atoms with Crippen LogP contribution in [0.4, 0.5) is 13.2 Å². The van der Waals surface area contributed by atoms with Gasteiger partial charge >= 0.3 is 15.6 Å². The van der Waals surface area contributed by atoms with Gasteiger partial charge < -0.3 is 8.92 Å². The molecule has 3 aromatic rings. The van der Waals surface area contributed by atoms with Crippen LogP contribution in [0.1, 0.15) is 28.7 Å². The average Bonchev–Trinajstić information content (AvgIpc) is 3.68. The van der Waals surface area contributed by atoms with Crippen molar-refractivity contribution in [3.05, 3.63) is 89.2 Å². The van der Waals surface area contributed by atoms with Crippen molar-refractivity contribution < 1.29 is 30.5 Å². The summed E-state index contributed by atoms with van der Waals surface area (Å²) in [6, 6.07) is 15.7. The first-order valence-corrected chi connectivity index (χ1v) is 12.9. The molecule has 36 heavy (non-hydrogen) atoms. The van der Waals surface area contributed by atoms with Crippen molar-refractivity contribution in [1.82, 2.24) is 9.88 Å². The van der Waals surface area contributed by atoms with E-state index < -0.39 is 15.6 Å². The van der Waals surface area contributed by atoms with E-state index in [4.69, 9.17) is 4.74 Å². The number of rotatable bonds is 8. The van der Waals surface area contributed by atoms with Gasteiger partial charge in [0.25, 0.3) is 0 Å². The third-order valence-corrected chi connectivity index (χ3v) is 7.13. The van der Waals surface area contributed by atoms with Crippen LogP contribution in [0.3, 0.4) is 0 Å². The first-order valence-electron chi connectivity index (χ1n) is 11.4. The number of fused-ring (bicyclic) bond motifs is 1. The summed E-state index contributed by atoms with van der Waals surface area (Å²) in [7, 11) is -5.75. The van der Waals surface area contributed by atoms with Gasteiger partial charge in [0.1, 0.15) is 18.1 Å². The minimum absolute atomic E-state index is 0.370. The summed E-state index contributed by atoms with van der Waals surface area (Å²) in [6.45, 7) is 3.72. The van der Waals surface area contributed by atoms with E-state index in [2.05, 4.69) is 14.1 Å². The molecular formula is C26H23F3N2O4S. The van der Waals surface area contributed by atoms with Crippen LogP contribution in [0.5, 0.6) is 11.5 Å². The van der Waals surface area contributed by atoms with Crippen molar-refractivity contribution in [3.63, 3.8) is 0 Å². The second kappa shape index (κ2) is 9.59. The van der Waals surface area contributed by atoms with Crippen molar-refractivity contribution in [2.75, 3.05) is 26.2 Å². The lowest BCUT2D eigenvalue weighted by Gasteiger charge is -2.25. The van der Waals surface area contributed by atoms with E-state index in [-0.39, 0.29) is 5.75 Å². The van der Waals surface area contributed by atoms with Gasteiger partial charge in [-0.15, -0.1) is 0 Å². The van der Waals surface area contributed by atoms with Gasteiger partial charge in [-0.25, -0.2) is 0 Å². The Labute approximate surface area is 207 Å². The predicted molar refractivity (Wildman–Crippen MR) is 129 cm³/mol. The zero-order valence-corrected chi connectivity index (χ0v) is 20.0. The SMILES string of the molecule is O=S(=O)(Oc1ccc2c(c1)CCC(c1cccnc1)=C2c1ccc(OCCN2CC2)cc1)C(F)(F)F. The Morgan fingerprint density at radius 1 is 0.944 bits per heavy atom. The van der Waals surface area contributed by atoms with Gasteiger partial charge in [0, 0.05) is 32.0 Å². The fourth-order valence-electron chi connectivity index (χ4n) is 4.26. The summed E-state index contributed by atoms with van der Waals surface area (Å²) in [5.41, 5.74) is -0.200. The van der Waals surface area contributed by atoms with Crippen LogP contribution >= 0.6 is 0 Å². The highest BCUT2D eigenvalue weighted by atomic mass is 32.2. The molecule has 0 saturated carbocycles. The van der Waals surface area contributed by atoms with E-state index in [9.17, 15) is 21.6 Å². The highest BCUT2D eigenvalue weighted by molar-refractivity contribution is 7.88. The molecular weight excluding hydrogens is 493 g/mol. The molecule has 1 fully saturated rings. The van der Waals surface area contributed by atoms with Gasteiger partial charge in [-0.1, -0.05) is 24.3 Å². The molecule has 1 aromatic heterocycles. The summed E-state index contributed by atoms with van der Waals surface area (Å²) in [5, 5.41) is 0. The number of aromatic nitrogens is 1. The number of nitrogens with zero attached hydrogens (tertiary/aromatic N) is 2. The molecule has 0 N–H and O–H groups in total. The van der Waals surface area contributed by atoms with Crippen LogP contribution in [0.15, 0.2) is 67.0 Å². The lowest BCUT2D eigenvalue weighted by Crippen LogP contribution is -2.28. The van der Waals surface area contributed by atoms with Crippen LogP contribution in [0, 0.1) is 0 Å². The molecule has 0 spiro atoms. The monoisotopic (exact) mass is 516 g/mol. The normalized spacial score (nSPS) is 16.0. The Morgan fingerprint density at radius 3 is 2.36 bits per heavy atom. The Hall–Kier alpha value is -3.37. The largest absolute Gasteiger partial charge is 0.534 e. The van der Waals surface area contributed by atoms with E-state index in [1.54, 1.807) is 18.5 Å². The highest BCUT2D eigenvalue weighted by Gasteiger charge is 2.48. The zero-order valence-electron chi connectivity index (χ0n) is 19.2. The van der Waals surface area contributed by atoms with Crippen molar-refractivity contribution >= 4 is 21.3 Å². The molecule has 1 saturated heterocycles. The van der Waals surface area contributed by atoms with Gasteiger partial charge in [0.05, 0.1) is 0 Å². The predicted octanol–water partition coefficient (Wildman–Crippen LogP) is 4.91. The highest BCUT2D eigenvalue weighted by Crippen LogP contribution is 2.42. The molecule has 5 rings (SSSR count). The quantitative estimate of drug-likeness (QED) is 0.241. The molecule has 188 valence electrons. The maximum absolute atomic E-state index is 12.8. The minimum Gasteiger partial charge on any atom is -0.492 e. The van der Waals surface area contributed by atoms with Gasteiger partial charge in [-0.2, -0.15) is 21.6 Å². The van der Waals surface area contributed by atoms with Crippen LogP contribution in [0.25, 0.3) is 11.1 Å². The first-order chi connectivity index (χ1) is 17.2. The number of benzene rings is 2. The zero-order chi connectivity index (χ0) is 25.3. The Balaban J connectivity index is 1.50. The number of hydrogen-bond donors (Lipinski definition) is 0. The third kappa shape index (κ3) is 5.24. The summed E-state index contributed by atoms with van der Waals surface area (Å²) < 4.78 is 71.5. The molecule has 2 aromatic carbocycles. The van der Waals surface area contributed by atoms with Crippen LogP contribution < -0.4 is 8.92 Å². The summed E-state index contributed by atoms with van der Waals surface area (Å²) >= 11 is 0. The van der Waals surface area contributed by atoms with Gasteiger partial charge in [0.2, 0.25) is 0 Å². The van der Waals surface area contributed by atoms with Gasteiger partial charge in [0.15, 0.2) is 0 Å². The molecule has 0 atom stereocenters. The number of aryl methyl sites for hydroxylation is 1. The summed E-state index contributed by atoms with van der Waals surface area (Å²) in [4.78, 5) is 6.51. The fraction of sp³-hybridized carbons (Fsp3) is 0.269. The molecule has 6 nitrogen and oxygen atoms in total. The van der Waals surface area contributed by atoms with E-state index in [1.807, 2.05) is 36.4 Å². The van der Waals surface area contributed by atoms with Crippen LogP contribution in [-0.2, 0) is 16.5 Å². The smallest absolute Gasteiger partial charge is 0.492 e. The number of alkyl halides is 3. The molecule has 1 aliphatic carbocycles. The number of pyridine rings is 1. The standard InChI is InChI=1S/C26H23F3N2O4S/c27-26(28,29)36(32,33)35-22-8-10-23-19(16-22)5-9-24(20-2-1-11-30-17-20)25(23)18-3-6-21(7-4-18)34-15-14-31-12-13-31/h1-4,6-8,10-11,16-17H,5,9,12-15H2. The minimum atomic E-state index is -5.75. The molecule has 0 bridgehead atoms. The fourth-order valence-corrected chi connectivity index (χ4v) is 4.71. The second-order valence-electron chi connectivity index (χ2n) is 8.61. The third-order valence-electron chi connectivity index (χ3n) is 6.15. The number of halogens is 3. The van der Waals surface area contributed by atoms with Crippen molar-refractivity contribution in [2.24, 2.45) is 0 Å². The topological polar surface area (TPSA) is 68.5 Å².